The Hall–Kier alpha value is 0.1000. The molecule has 1 aromatic rings. The normalized spacial score (nSPS) is 10.3. The van der Waals surface area contributed by atoms with Gasteiger partial charge < -0.3 is 0 Å². The summed E-state index contributed by atoms with van der Waals surface area (Å²) in [6.07, 6.45) is 0. The van der Waals surface area contributed by atoms with Crippen LogP contribution in [0.1, 0.15) is 12.6 Å². The van der Waals surface area contributed by atoms with Gasteiger partial charge in [-0.2, -0.15) is 0 Å². The molecule has 10 heavy (non-hydrogen) atoms. The van der Waals surface area contributed by atoms with Crippen molar-refractivity contribution in [3.8, 4) is 0 Å². The Kier molecular flexibility index (Phi) is 2.85. The van der Waals surface area contributed by atoms with Crippen LogP contribution in [0.2, 0.25) is 0 Å². The Morgan fingerprint density at radius 3 is 2.70 bits per heavy atom. The minimum absolute atomic E-state index is 0.786. The van der Waals surface area contributed by atoms with E-state index in [9.17, 15) is 0 Å². The monoisotopic (exact) mass is 267 g/mol. The largest absolute Gasteiger partial charge is 0.248 e. The van der Waals surface area contributed by atoms with Gasteiger partial charge in [0.15, 0.2) is 4.60 Å². The third-order valence-electron chi connectivity index (χ3n) is 1.22. The number of alkyl halides is 1. The molecule has 0 radical (unpaired) electrons. The second-order valence-electron chi connectivity index (χ2n) is 1.78. The van der Waals surface area contributed by atoms with Crippen LogP contribution < -0.4 is 0 Å². The van der Waals surface area contributed by atoms with Gasteiger partial charge in [0.1, 0.15) is 0 Å². The van der Waals surface area contributed by atoms with E-state index in [4.69, 9.17) is 0 Å². The lowest BCUT2D eigenvalue weighted by atomic mass is 10.5. The van der Waals surface area contributed by atoms with Crippen LogP contribution in [0.25, 0.3) is 0 Å². The summed E-state index contributed by atoms with van der Waals surface area (Å²) in [5.74, 6) is 0. The zero-order chi connectivity index (χ0) is 7.56. The molecule has 5 heteroatoms. The average Bonchev–Trinajstić information content (AvgIpc) is 2.30. The standard InChI is InChI=1S/C5H7Br2N3/c1-2-10-4(3-6)5(7)8-9-10/h2-3H2,1H3. The minimum Gasteiger partial charge on any atom is -0.248 e. The molecule has 0 saturated carbocycles. The zero-order valence-corrected chi connectivity index (χ0v) is 8.68. The van der Waals surface area contributed by atoms with Crippen LogP contribution >= 0.6 is 31.9 Å². The molecule has 56 valence electrons. The van der Waals surface area contributed by atoms with E-state index in [-0.39, 0.29) is 0 Å². The predicted molar refractivity (Wildman–Crippen MR) is 46.0 cm³/mol. The molecule has 0 bridgehead atoms. The van der Waals surface area contributed by atoms with Crippen molar-refractivity contribution < 1.29 is 0 Å². The molecule has 0 aliphatic carbocycles. The molecule has 1 rings (SSSR count). The molecular formula is C5H7Br2N3. The van der Waals surface area contributed by atoms with Crippen molar-refractivity contribution >= 4 is 31.9 Å². The summed E-state index contributed by atoms with van der Waals surface area (Å²) in [6, 6.07) is 0. The highest BCUT2D eigenvalue weighted by atomic mass is 79.9. The first-order valence-corrected chi connectivity index (χ1v) is 4.84. The van der Waals surface area contributed by atoms with E-state index in [2.05, 4.69) is 42.2 Å². The highest BCUT2D eigenvalue weighted by molar-refractivity contribution is 9.10. The third-order valence-corrected chi connectivity index (χ3v) is 2.36. The van der Waals surface area contributed by atoms with Crippen LogP contribution in [-0.4, -0.2) is 15.0 Å². The van der Waals surface area contributed by atoms with Gasteiger partial charge in [-0.05, 0) is 22.9 Å². The van der Waals surface area contributed by atoms with E-state index in [0.29, 0.717) is 0 Å². The van der Waals surface area contributed by atoms with E-state index < -0.39 is 0 Å². The van der Waals surface area contributed by atoms with Crippen LogP contribution in [-0.2, 0) is 11.9 Å². The van der Waals surface area contributed by atoms with Gasteiger partial charge >= 0.3 is 0 Å². The predicted octanol–water partition coefficient (Wildman–Crippen LogP) is 1.96. The molecule has 0 aromatic carbocycles. The van der Waals surface area contributed by atoms with Gasteiger partial charge in [0.05, 0.1) is 5.69 Å². The van der Waals surface area contributed by atoms with Crippen molar-refractivity contribution in [1.82, 2.24) is 15.0 Å². The molecule has 0 unspecified atom stereocenters. The first-order valence-electron chi connectivity index (χ1n) is 2.93. The van der Waals surface area contributed by atoms with Gasteiger partial charge in [0.2, 0.25) is 0 Å². The number of aromatic nitrogens is 3. The summed E-state index contributed by atoms with van der Waals surface area (Å²) < 4.78 is 2.67. The van der Waals surface area contributed by atoms with E-state index in [0.717, 1.165) is 22.2 Å². The maximum absolute atomic E-state index is 3.89. The summed E-state index contributed by atoms with van der Waals surface area (Å²) in [5, 5.41) is 8.54. The van der Waals surface area contributed by atoms with Gasteiger partial charge in [0, 0.05) is 11.9 Å². The number of halogens is 2. The van der Waals surface area contributed by atoms with Gasteiger partial charge in [-0.25, -0.2) is 4.68 Å². The van der Waals surface area contributed by atoms with Crippen LogP contribution in [0, 0.1) is 0 Å². The quantitative estimate of drug-likeness (QED) is 0.768. The molecule has 0 spiro atoms. The third kappa shape index (κ3) is 1.40. The molecule has 1 aromatic heterocycles. The summed E-state index contributed by atoms with van der Waals surface area (Å²) >= 11 is 6.64. The Bertz CT molecular complexity index is 221. The lowest BCUT2D eigenvalue weighted by molar-refractivity contribution is 0.610. The molecule has 0 fully saturated rings. The topological polar surface area (TPSA) is 30.7 Å². The van der Waals surface area contributed by atoms with E-state index in [1.807, 2.05) is 11.6 Å². The maximum atomic E-state index is 3.89. The molecule has 0 N–H and O–H groups in total. The summed E-state index contributed by atoms with van der Waals surface area (Å²) in [5.41, 5.74) is 1.09. The number of nitrogens with zero attached hydrogens (tertiary/aromatic N) is 3. The van der Waals surface area contributed by atoms with Crippen molar-refractivity contribution in [2.45, 2.75) is 18.8 Å². The first kappa shape index (κ1) is 8.20. The second-order valence-corrected chi connectivity index (χ2v) is 3.09. The van der Waals surface area contributed by atoms with Crippen LogP contribution in [0.4, 0.5) is 0 Å². The van der Waals surface area contributed by atoms with Gasteiger partial charge in [-0.1, -0.05) is 21.1 Å². The van der Waals surface area contributed by atoms with Crippen LogP contribution in [0.3, 0.4) is 0 Å². The Labute approximate surface area is 76.1 Å². The molecule has 0 aliphatic heterocycles. The fourth-order valence-corrected chi connectivity index (χ4v) is 2.04. The SMILES string of the molecule is CCn1nnc(Br)c1CBr. The van der Waals surface area contributed by atoms with E-state index in [1.165, 1.54) is 0 Å². The summed E-state index contributed by atoms with van der Waals surface area (Å²) in [6.45, 7) is 2.90. The van der Waals surface area contributed by atoms with Crippen molar-refractivity contribution in [1.29, 1.82) is 0 Å². The Morgan fingerprint density at radius 2 is 2.30 bits per heavy atom. The van der Waals surface area contributed by atoms with Crippen molar-refractivity contribution in [2.24, 2.45) is 0 Å². The molecule has 3 nitrogen and oxygen atoms in total. The van der Waals surface area contributed by atoms with Gasteiger partial charge in [-0.3, -0.25) is 0 Å². The van der Waals surface area contributed by atoms with E-state index in [1.54, 1.807) is 0 Å². The molecule has 0 aliphatic rings. The van der Waals surface area contributed by atoms with Crippen LogP contribution in [0.15, 0.2) is 4.60 Å². The Balaban J connectivity index is 3.01. The van der Waals surface area contributed by atoms with Crippen LogP contribution in [0.5, 0.6) is 0 Å². The van der Waals surface area contributed by atoms with Gasteiger partial charge in [0.25, 0.3) is 0 Å². The first-order chi connectivity index (χ1) is 4.79. The highest BCUT2D eigenvalue weighted by Gasteiger charge is 2.05. The molecular weight excluding hydrogens is 262 g/mol. The fourth-order valence-electron chi connectivity index (χ4n) is 0.690. The Morgan fingerprint density at radius 1 is 1.60 bits per heavy atom. The second kappa shape index (κ2) is 3.48. The minimum atomic E-state index is 0.786. The molecule has 0 amide bonds. The zero-order valence-electron chi connectivity index (χ0n) is 5.51. The van der Waals surface area contributed by atoms with E-state index >= 15 is 0 Å². The van der Waals surface area contributed by atoms with Crippen molar-refractivity contribution in [3.63, 3.8) is 0 Å². The summed E-state index contributed by atoms with van der Waals surface area (Å²) in [4.78, 5) is 0. The maximum Gasteiger partial charge on any atom is 0.152 e. The van der Waals surface area contributed by atoms with Gasteiger partial charge in [-0.15, -0.1) is 5.10 Å². The number of hydrogen-bond donors (Lipinski definition) is 0. The molecule has 1 heterocycles. The highest BCUT2D eigenvalue weighted by Crippen LogP contribution is 2.15. The number of rotatable bonds is 2. The smallest absolute Gasteiger partial charge is 0.152 e. The fraction of sp³-hybridized carbons (Fsp3) is 0.600. The molecule has 0 atom stereocenters. The average molecular weight is 269 g/mol. The lowest BCUT2D eigenvalue weighted by Crippen LogP contribution is -2.00. The number of hydrogen-bond acceptors (Lipinski definition) is 2. The lowest BCUT2D eigenvalue weighted by Gasteiger charge is -1.97. The van der Waals surface area contributed by atoms with Crippen molar-refractivity contribution in [3.05, 3.63) is 10.3 Å². The summed E-state index contributed by atoms with van der Waals surface area (Å²) in [7, 11) is 0. The van der Waals surface area contributed by atoms with Crippen molar-refractivity contribution in [2.75, 3.05) is 0 Å². The molecule has 0 saturated heterocycles. The number of aryl methyl sites for hydroxylation is 1.